The quantitative estimate of drug-likeness (QED) is 0.637. The van der Waals surface area contributed by atoms with Crippen molar-refractivity contribution in [3.8, 4) is 5.75 Å². The average molecular weight is 435 g/mol. The molecule has 170 valence electrons. The van der Waals surface area contributed by atoms with E-state index in [1.54, 1.807) is 0 Å². The number of Topliss-reactive ketones (excluding diaryl/α,β-unsaturated/α-hetero) is 1. The molecule has 2 aliphatic rings. The average Bonchev–Trinajstić information content (AvgIpc) is 3.53. The van der Waals surface area contributed by atoms with Crippen LogP contribution in [0.25, 0.3) is 0 Å². The van der Waals surface area contributed by atoms with Crippen molar-refractivity contribution in [1.29, 1.82) is 5.41 Å². The first-order valence-corrected chi connectivity index (χ1v) is 11.5. The molecule has 0 saturated heterocycles. The molecule has 1 saturated carbocycles. The van der Waals surface area contributed by atoms with Crippen LogP contribution in [0.5, 0.6) is 5.75 Å². The van der Waals surface area contributed by atoms with E-state index in [0.29, 0.717) is 30.5 Å². The number of nitrogens with zero attached hydrogens (tertiary/aromatic N) is 3. The van der Waals surface area contributed by atoms with Crippen LogP contribution in [0, 0.1) is 5.41 Å². The highest BCUT2D eigenvalue weighted by atomic mass is 16.5. The molecule has 1 aliphatic carbocycles. The van der Waals surface area contributed by atoms with E-state index in [1.807, 2.05) is 43.0 Å². The molecule has 0 amide bonds. The third-order valence-corrected chi connectivity index (χ3v) is 6.20. The summed E-state index contributed by atoms with van der Waals surface area (Å²) in [5, 5.41) is 8.63. The molecule has 0 spiro atoms. The van der Waals surface area contributed by atoms with Crippen molar-refractivity contribution in [2.75, 3.05) is 32.1 Å². The number of nitrogens with one attached hydrogen (secondary N) is 1. The number of ether oxygens (including phenoxy) is 1. The molecular formula is C26H34N4O2. The van der Waals surface area contributed by atoms with E-state index in [1.165, 1.54) is 12.8 Å². The zero-order valence-corrected chi connectivity index (χ0v) is 20.1. The van der Waals surface area contributed by atoms with Gasteiger partial charge in [0.15, 0.2) is 5.78 Å². The van der Waals surface area contributed by atoms with Crippen molar-refractivity contribution in [2.45, 2.75) is 58.4 Å². The Balaban J connectivity index is 1.62. The normalized spacial score (nSPS) is 15.7. The number of benzene rings is 1. The fourth-order valence-corrected chi connectivity index (χ4v) is 4.24. The van der Waals surface area contributed by atoms with E-state index < -0.39 is 0 Å². The number of carbonyl (C=O) groups excluding carboxylic acids is 1. The van der Waals surface area contributed by atoms with Crippen molar-refractivity contribution in [3.63, 3.8) is 0 Å². The number of fused-ring (bicyclic) bond motifs is 1. The molecule has 1 fully saturated rings. The number of anilines is 1. The van der Waals surface area contributed by atoms with Gasteiger partial charge in [0.25, 0.3) is 0 Å². The molecule has 1 aromatic carbocycles. The summed E-state index contributed by atoms with van der Waals surface area (Å²) in [6.45, 7) is 9.66. The zero-order valence-electron chi connectivity index (χ0n) is 20.1. The van der Waals surface area contributed by atoms with Gasteiger partial charge in [0.2, 0.25) is 0 Å². The second-order valence-electron chi connectivity index (χ2n) is 10.1. The number of carbonyl (C=O) groups is 1. The largest absolute Gasteiger partial charge is 0.491 e. The minimum Gasteiger partial charge on any atom is -0.491 e. The van der Waals surface area contributed by atoms with E-state index in [2.05, 4.69) is 32.9 Å². The van der Waals surface area contributed by atoms with E-state index in [9.17, 15) is 4.79 Å². The van der Waals surface area contributed by atoms with E-state index in [-0.39, 0.29) is 17.7 Å². The van der Waals surface area contributed by atoms with E-state index >= 15 is 0 Å². The van der Waals surface area contributed by atoms with Gasteiger partial charge in [0.05, 0.1) is 18.8 Å². The van der Waals surface area contributed by atoms with Gasteiger partial charge in [0, 0.05) is 48.9 Å². The van der Waals surface area contributed by atoms with Crippen molar-refractivity contribution < 1.29 is 9.53 Å². The van der Waals surface area contributed by atoms with Crippen LogP contribution in [0.4, 0.5) is 5.69 Å². The Hall–Kier alpha value is -2.89. The maximum Gasteiger partial charge on any atom is 0.182 e. The van der Waals surface area contributed by atoms with Crippen LogP contribution in [-0.4, -0.2) is 48.7 Å². The van der Waals surface area contributed by atoms with Crippen LogP contribution in [0.15, 0.2) is 24.3 Å². The minimum absolute atomic E-state index is 0.00150. The Morgan fingerprint density at radius 3 is 2.56 bits per heavy atom. The molecule has 1 N–H and O–H groups in total. The van der Waals surface area contributed by atoms with Crippen LogP contribution < -0.4 is 9.64 Å². The van der Waals surface area contributed by atoms with Gasteiger partial charge in [-0.25, -0.2) is 4.98 Å². The molecule has 2 aromatic rings. The number of ketones is 1. The van der Waals surface area contributed by atoms with Crippen molar-refractivity contribution >= 4 is 17.3 Å². The minimum atomic E-state index is -0.175. The molecule has 4 rings (SSSR count). The SMILES string of the molecule is CCOc1c(N(C)C)cc(C(=O)CN2Cc3ccc(C4CC4)nc3C2=N)cc1C(C)(C)C. The summed E-state index contributed by atoms with van der Waals surface area (Å²) in [4.78, 5) is 22.0. The molecule has 32 heavy (non-hydrogen) atoms. The molecule has 0 unspecified atom stereocenters. The third-order valence-electron chi connectivity index (χ3n) is 6.20. The fraction of sp³-hybridized carbons (Fsp3) is 0.500. The topological polar surface area (TPSA) is 69.5 Å². The number of hydrogen-bond acceptors (Lipinski definition) is 5. The predicted octanol–water partition coefficient (Wildman–Crippen LogP) is 4.75. The second kappa shape index (κ2) is 8.23. The van der Waals surface area contributed by atoms with Gasteiger partial charge in [-0.2, -0.15) is 0 Å². The Labute approximate surface area is 191 Å². The highest BCUT2D eigenvalue weighted by molar-refractivity contribution is 6.05. The van der Waals surface area contributed by atoms with Crippen molar-refractivity contribution in [2.24, 2.45) is 0 Å². The van der Waals surface area contributed by atoms with Gasteiger partial charge in [-0.1, -0.05) is 26.8 Å². The second-order valence-corrected chi connectivity index (χ2v) is 10.1. The van der Waals surface area contributed by atoms with Crippen LogP contribution in [0.2, 0.25) is 0 Å². The summed E-state index contributed by atoms with van der Waals surface area (Å²) in [6, 6.07) is 8.05. The number of amidine groups is 1. The van der Waals surface area contributed by atoms with Gasteiger partial charge < -0.3 is 14.5 Å². The predicted molar refractivity (Wildman–Crippen MR) is 128 cm³/mol. The van der Waals surface area contributed by atoms with Crippen molar-refractivity contribution in [3.05, 3.63) is 52.3 Å². The summed E-state index contributed by atoms with van der Waals surface area (Å²) in [5.41, 5.74) is 5.24. The van der Waals surface area contributed by atoms with Gasteiger partial charge in [-0.15, -0.1) is 0 Å². The lowest BCUT2D eigenvalue weighted by Gasteiger charge is -2.28. The molecule has 6 heteroatoms. The summed E-state index contributed by atoms with van der Waals surface area (Å²) in [6.07, 6.45) is 2.37. The molecule has 0 atom stereocenters. The van der Waals surface area contributed by atoms with Crippen LogP contribution in [0.1, 0.15) is 79.3 Å². The number of aromatic nitrogens is 1. The molecular weight excluding hydrogens is 400 g/mol. The fourth-order valence-electron chi connectivity index (χ4n) is 4.24. The lowest BCUT2D eigenvalue weighted by atomic mass is 9.84. The number of rotatable bonds is 7. The van der Waals surface area contributed by atoms with Crippen molar-refractivity contribution in [1.82, 2.24) is 9.88 Å². The summed E-state index contributed by atoms with van der Waals surface area (Å²) < 4.78 is 6.01. The molecule has 0 bridgehead atoms. The molecule has 6 nitrogen and oxygen atoms in total. The summed E-state index contributed by atoms with van der Waals surface area (Å²) >= 11 is 0. The summed E-state index contributed by atoms with van der Waals surface area (Å²) in [7, 11) is 3.93. The molecule has 0 radical (unpaired) electrons. The van der Waals surface area contributed by atoms with Gasteiger partial charge in [-0.3, -0.25) is 10.2 Å². The highest BCUT2D eigenvalue weighted by Gasteiger charge is 2.32. The Kier molecular flexibility index (Phi) is 5.74. The monoisotopic (exact) mass is 434 g/mol. The lowest BCUT2D eigenvalue weighted by molar-refractivity contribution is 0.0962. The Morgan fingerprint density at radius 2 is 1.97 bits per heavy atom. The van der Waals surface area contributed by atoms with Crippen LogP contribution in [-0.2, 0) is 12.0 Å². The Morgan fingerprint density at radius 1 is 1.25 bits per heavy atom. The van der Waals surface area contributed by atoms with E-state index in [4.69, 9.17) is 15.1 Å². The van der Waals surface area contributed by atoms with Gasteiger partial charge in [-0.05, 0) is 43.4 Å². The number of hydrogen-bond donors (Lipinski definition) is 1. The third kappa shape index (κ3) is 4.23. The van der Waals surface area contributed by atoms with E-state index in [0.717, 1.165) is 34.0 Å². The Bertz CT molecular complexity index is 1060. The number of pyridine rings is 1. The van der Waals surface area contributed by atoms with Crippen LogP contribution in [0.3, 0.4) is 0 Å². The smallest absolute Gasteiger partial charge is 0.182 e. The maximum atomic E-state index is 13.4. The van der Waals surface area contributed by atoms with Crippen LogP contribution >= 0.6 is 0 Å². The zero-order chi connectivity index (χ0) is 23.2. The first-order chi connectivity index (χ1) is 15.1. The molecule has 1 aromatic heterocycles. The molecule has 1 aliphatic heterocycles. The first-order valence-electron chi connectivity index (χ1n) is 11.5. The summed E-state index contributed by atoms with van der Waals surface area (Å²) in [5.74, 6) is 1.74. The maximum absolute atomic E-state index is 13.4. The lowest BCUT2D eigenvalue weighted by Crippen LogP contribution is -2.31. The van der Waals surface area contributed by atoms with Gasteiger partial charge in [0.1, 0.15) is 17.3 Å². The van der Waals surface area contributed by atoms with Gasteiger partial charge >= 0.3 is 0 Å². The first kappa shape index (κ1) is 22.3. The standard InChI is InChI=1S/C26H34N4O2/c1-7-32-24-19(26(2,3)4)12-18(13-21(24)29(5)6)22(31)15-30-14-17-10-11-20(16-8-9-16)28-23(17)25(30)27/h10-13,16,27H,7-9,14-15H2,1-6H3. The highest BCUT2D eigenvalue weighted by Crippen LogP contribution is 2.41. The molecule has 2 heterocycles.